The molecule has 0 aliphatic heterocycles. The van der Waals surface area contributed by atoms with Crippen molar-refractivity contribution in [2.75, 3.05) is 59.5 Å². The Morgan fingerprint density at radius 1 is 0.386 bits per heavy atom. The van der Waals surface area contributed by atoms with E-state index in [1.807, 2.05) is 20.8 Å². The van der Waals surface area contributed by atoms with Crippen LogP contribution in [0.25, 0.3) is 0 Å². The van der Waals surface area contributed by atoms with Crippen molar-refractivity contribution in [3.05, 3.63) is 36.5 Å². The van der Waals surface area contributed by atoms with Crippen molar-refractivity contribution in [1.82, 2.24) is 0 Å². The molecular weight excluding hydrogens is 575 g/mol. The molecule has 0 aromatic carbocycles. The van der Waals surface area contributed by atoms with Crippen LogP contribution < -0.4 is 0 Å². The quantitative estimate of drug-likeness (QED) is 0.0382. The predicted molar refractivity (Wildman–Crippen MR) is 185 cm³/mol. The van der Waals surface area contributed by atoms with Gasteiger partial charge in [-0.05, 0) is 59.3 Å². The molecule has 0 unspecified atom stereocenters. The van der Waals surface area contributed by atoms with E-state index in [1.165, 1.54) is 19.3 Å². The molecule has 0 radical (unpaired) electrons. The third-order valence-corrected chi connectivity index (χ3v) is 8.34. The van der Waals surface area contributed by atoms with Gasteiger partial charge < -0.3 is 14.2 Å². The van der Waals surface area contributed by atoms with Gasteiger partial charge in [0.15, 0.2) is 0 Å². The van der Waals surface area contributed by atoms with Crippen LogP contribution in [0, 0.1) is 0 Å². The van der Waals surface area contributed by atoms with E-state index in [4.69, 9.17) is 27.8 Å². The summed E-state index contributed by atoms with van der Waals surface area (Å²) in [6.45, 7) is 23.1. The van der Waals surface area contributed by atoms with E-state index in [0.717, 1.165) is 133 Å². The Morgan fingerprint density at radius 2 is 0.591 bits per heavy atom. The van der Waals surface area contributed by atoms with Gasteiger partial charge in [-0.1, -0.05) is 114 Å². The van der Waals surface area contributed by atoms with E-state index in [2.05, 4.69) is 19.7 Å². The van der Waals surface area contributed by atoms with Crippen molar-refractivity contribution < 1.29 is 32.3 Å². The fraction of sp³-hybridized carbons (Fsp3) is 0.833. The van der Waals surface area contributed by atoms with Crippen molar-refractivity contribution in [2.45, 2.75) is 136 Å². The molecular formula is C36H69O7P. The Labute approximate surface area is 272 Å². The Kier molecular flexibility index (Phi) is 31.6. The smallest absolute Gasteiger partial charge is 0.377 e. The molecule has 0 rings (SSSR count). The van der Waals surface area contributed by atoms with E-state index < -0.39 is 7.82 Å². The van der Waals surface area contributed by atoms with Crippen LogP contribution in [0.4, 0.5) is 0 Å². The van der Waals surface area contributed by atoms with Gasteiger partial charge in [0.1, 0.15) is 0 Å². The first-order chi connectivity index (χ1) is 21.2. The van der Waals surface area contributed by atoms with Gasteiger partial charge in [0, 0.05) is 19.8 Å². The lowest BCUT2D eigenvalue weighted by Gasteiger charge is -2.18. The van der Waals surface area contributed by atoms with Gasteiger partial charge in [0.25, 0.3) is 0 Å². The molecule has 0 saturated heterocycles. The van der Waals surface area contributed by atoms with Crippen LogP contribution in [0.15, 0.2) is 36.5 Å². The maximum Gasteiger partial charge on any atom is 0.474 e. The van der Waals surface area contributed by atoms with Gasteiger partial charge in [-0.15, -0.1) is 0 Å². The number of rotatable bonds is 36. The molecule has 0 spiro atoms. The summed E-state index contributed by atoms with van der Waals surface area (Å²) in [7, 11) is -3.54. The molecule has 0 aromatic rings. The van der Waals surface area contributed by atoms with Crippen molar-refractivity contribution >= 4 is 7.82 Å². The average Bonchev–Trinajstić information content (AvgIpc) is 2.97. The van der Waals surface area contributed by atoms with E-state index >= 15 is 0 Å². The van der Waals surface area contributed by atoms with Crippen LogP contribution in [0.3, 0.4) is 0 Å². The largest absolute Gasteiger partial charge is 0.474 e. The van der Waals surface area contributed by atoms with Crippen LogP contribution in [0.2, 0.25) is 0 Å². The highest BCUT2D eigenvalue weighted by Gasteiger charge is 2.26. The molecule has 0 heterocycles. The summed E-state index contributed by atoms with van der Waals surface area (Å²) in [6.07, 6.45) is 19.3. The second-order valence-electron chi connectivity index (χ2n) is 12.3. The number of hydrogen-bond acceptors (Lipinski definition) is 7. The van der Waals surface area contributed by atoms with Gasteiger partial charge in [0.2, 0.25) is 0 Å². The van der Waals surface area contributed by atoms with E-state index in [-0.39, 0.29) is 0 Å². The van der Waals surface area contributed by atoms with Crippen LogP contribution in [0.5, 0.6) is 0 Å². The minimum absolute atomic E-state index is 0.403. The molecule has 0 fully saturated rings. The van der Waals surface area contributed by atoms with Crippen LogP contribution in [-0.4, -0.2) is 59.5 Å². The van der Waals surface area contributed by atoms with E-state index in [0.29, 0.717) is 39.6 Å². The highest BCUT2D eigenvalue weighted by molar-refractivity contribution is 7.48. The van der Waals surface area contributed by atoms with Crippen molar-refractivity contribution in [2.24, 2.45) is 0 Å². The normalized spacial score (nSPS) is 11.7. The monoisotopic (exact) mass is 644 g/mol. The first-order valence-corrected chi connectivity index (χ1v) is 18.9. The van der Waals surface area contributed by atoms with Gasteiger partial charge in [0.05, 0.1) is 39.6 Å². The van der Waals surface area contributed by atoms with Gasteiger partial charge >= 0.3 is 7.82 Å². The maximum absolute atomic E-state index is 13.3. The number of phosphoric ester groups is 1. The summed E-state index contributed by atoms with van der Waals surface area (Å²) < 4.78 is 47.3. The molecule has 44 heavy (non-hydrogen) atoms. The molecule has 0 amide bonds. The second-order valence-corrected chi connectivity index (χ2v) is 14.0. The molecule has 0 atom stereocenters. The SMILES string of the molecule is C=C(C)COCCCCCCCCOP(=O)(OCCCCCCCCOCC(=C)C)OCCCCCCCCOCC(=C)C. The maximum atomic E-state index is 13.3. The molecule has 0 saturated carbocycles. The minimum Gasteiger partial charge on any atom is -0.377 e. The summed E-state index contributed by atoms with van der Waals surface area (Å²) in [5.41, 5.74) is 3.19. The Morgan fingerprint density at radius 3 is 0.818 bits per heavy atom. The molecule has 8 heteroatoms. The molecule has 0 aliphatic carbocycles. The van der Waals surface area contributed by atoms with Crippen LogP contribution >= 0.6 is 7.82 Å². The average molecular weight is 645 g/mol. The molecule has 0 aromatic heterocycles. The summed E-state index contributed by atoms with van der Waals surface area (Å²) in [6, 6.07) is 0. The molecule has 0 N–H and O–H groups in total. The Bertz CT molecular complexity index is 645. The molecule has 260 valence electrons. The lowest BCUT2D eigenvalue weighted by molar-refractivity contribution is 0.108. The van der Waals surface area contributed by atoms with Gasteiger partial charge in [-0.25, -0.2) is 4.57 Å². The fourth-order valence-electron chi connectivity index (χ4n) is 4.42. The van der Waals surface area contributed by atoms with Gasteiger partial charge in [-0.3, -0.25) is 13.6 Å². The highest BCUT2D eigenvalue weighted by atomic mass is 31.2. The Balaban J connectivity index is 4.13. The minimum atomic E-state index is -3.54. The van der Waals surface area contributed by atoms with Gasteiger partial charge in [-0.2, -0.15) is 0 Å². The van der Waals surface area contributed by atoms with Crippen LogP contribution in [-0.2, 0) is 32.3 Å². The summed E-state index contributed by atoms with van der Waals surface area (Å²) in [5.74, 6) is 0. The standard InChI is InChI=1S/C36H69O7P/c1-34(2)31-38-25-19-13-7-10-16-22-28-41-44(37,42-29-23-17-11-8-14-20-26-39-32-35(3)4)43-30-24-18-12-9-15-21-27-40-33-36(5)6/h1,3,5,7-33H2,2,4,6H3. The van der Waals surface area contributed by atoms with E-state index in [9.17, 15) is 4.57 Å². The lowest BCUT2D eigenvalue weighted by Crippen LogP contribution is -2.04. The predicted octanol–water partition coefficient (Wildman–Crippen LogP) is 10.9. The third kappa shape index (κ3) is 34.1. The van der Waals surface area contributed by atoms with E-state index in [1.54, 1.807) is 0 Å². The molecule has 0 aliphatic rings. The highest BCUT2D eigenvalue weighted by Crippen LogP contribution is 2.50. The zero-order chi connectivity index (χ0) is 32.6. The first kappa shape index (κ1) is 43.2. The summed E-state index contributed by atoms with van der Waals surface area (Å²) >= 11 is 0. The molecule has 0 bridgehead atoms. The van der Waals surface area contributed by atoms with Crippen molar-refractivity contribution in [3.8, 4) is 0 Å². The van der Waals surface area contributed by atoms with Crippen molar-refractivity contribution in [1.29, 1.82) is 0 Å². The topological polar surface area (TPSA) is 72.5 Å². The summed E-state index contributed by atoms with van der Waals surface area (Å²) in [4.78, 5) is 0. The summed E-state index contributed by atoms with van der Waals surface area (Å²) in [5, 5.41) is 0. The number of unbranched alkanes of at least 4 members (excludes halogenated alkanes) is 15. The third-order valence-electron chi connectivity index (χ3n) is 6.84. The number of ether oxygens (including phenoxy) is 3. The Hall–Kier alpha value is -0.790. The zero-order valence-corrected chi connectivity index (χ0v) is 29.9. The fourth-order valence-corrected chi connectivity index (χ4v) is 5.70. The first-order valence-electron chi connectivity index (χ1n) is 17.4. The second kappa shape index (κ2) is 32.2. The lowest BCUT2D eigenvalue weighted by atomic mass is 10.1. The zero-order valence-electron chi connectivity index (χ0n) is 29.0. The van der Waals surface area contributed by atoms with Crippen LogP contribution in [0.1, 0.15) is 136 Å². The number of hydrogen-bond donors (Lipinski definition) is 0. The van der Waals surface area contributed by atoms with Crippen molar-refractivity contribution in [3.63, 3.8) is 0 Å². The molecule has 7 nitrogen and oxygen atoms in total. The number of phosphoric acid groups is 1.